The molecule has 0 fully saturated rings. The van der Waals surface area contributed by atoms with Crippen LogP contribution in [-0.2, 0) is 6.18 Å². The van der Waals surface area contributed by atoms with E-state index in [1.165, 1.54) is 12.3 Å². The number of pyridine rings is 2. The van der Waals surface area contributed by atoms with Gasteiger partial charge in [-0.3, -0.25) is 0 Å². The second kappa shape index (κ2) is 4.94. The summed E-state index contributed by atoms with van der Waals surface area (Å²) in [7, 11) is 0. The van der Waals surface area contributed by atoms with Crippen LogP contribution in [0.4, 0.5) is 24.7 Å². The zero-order valence-electron chi connectivity index (χ0n) is 9.44. The second-order valence-electron chi connectivity index (χ2n) is 3.60. The summed E-state index contributed by atoms with van der Waals surface area (Å²) in [6.45, 7) is 0. The molecule has 2 aromatic rings. The van der Waals surface area contributed by atoms with E-state index in [1.807, 2.05) is 6.07 Å². The molecule has 2 heterocycles. The van der Waals surface area contributed by atoms with Crippen LogP contribution in [0, 0.1) is 11.3 Å². The van der Waals surface area contributed by atoms with Crippen molar-refractivity contribution in [3.05, 3.63) is 47.9 Å². The Kier molecular flexibility index (Phi) is 3.33. The van der Waals surface area contributed by atoms with Crippen LogP contribution < -0.4 is 5.32 Å². The molecule has 2 aromatic heterocycles. The molecule has 0 amide bonds. The fourth-order valence-corrected chi connectivity index (χ4v) is 1.32. The van der Waals surface area contributed by atoms with Crippen molar-refractivity contribution in [1.82, 2.24) is 9.97 Å². The molecule has 7 heteroatoms. The molecule has 0 aliphatic heterocycles. The van der Waals surface area contributed by atoms with Crippen molar-refractivity contribution in [1.29, 1.82) is 5.26 Å². The van der Waals surface area contributed by atoms with Crippen molar-refractivity contribution in [3.63, 3.8) is 0 Å². The van der Waals surface area contributed by atoms with Gasteiger partial charge in [-0.15, -0.1) is 0 Å². The summed E-state index contributed by atoms with van der Waals surface area (Å²) in [6.07, 6.45) is -2.02. The molecule has 2 rings (SSSR count). The van der Waals surface area contributed by atoms with Crippen LogP contribution in [-0.4, -0.2) is 9.97 Å². The van der Waals surface area contributed by atoms with E-state index in [0.29, 0.717) is 17.1 Å². The molecule has 0 saturated carbocycles. The Morgan fingerprint density at radius 2 is 1.84 bits per heavy atom. The van der Waals surface area contributed by atoms with Crippen LogP contribution in [0.15, 0.2) is 36.7 Å². The number of nitrogens with zero attached hydrogens (tertiary/aromatic N) is 3. The molecule has 0 aliphatic carbocycles. The predicted octanol–water partition coefficient (Wildman–Crippen LogP) is 3.11. The van der Waals surface area contributed by atoms with Gasteiger partial charge in [-0.25, -0.2) is 9.97 Å². The predicted molar refractivity (Wildman–Crippen MR) is 61.5 cm³/mol. The molecule has 0 bridgehead atoms. The van der Waals surface area contributed by atoms with Crippen molar-refractivity contribution >= 4 is 11.5 Å². The number of hydrogen-bond acceptors (Lipinski definition) is 4. The van der Waals surface area contributed by atoms with Crippen LogP contribution >= 0.6 is 0 Å². The molecule has 0 spiro atoms. The van der Waals surface area contributed by atoms with Crippen LogP contribution in [0.25, 0.3) is 0 Å². The fraction of sp³-hybridized carbons (Fsp3) is 0.0833. The van der Waals surface area contributed by atoms with Crippen LogP contribution in [0.1, 0.15) is 11.3 Å². The highest BCUT2D eigenvalue weighted by atomic mass is 19.4. The number of aromatic nitrogens is 2. The van der Waals surface area contributed by atoms with Gasteiger partial charge in [0.15, 0.2) is 0 Å². The second-order valence-corrected chi connectivity index (χ2v) is 3.60. The lowest BCUT2D eigenvalue weighted by Gasteiger charge is -2.08. The first-order chi connectivity index (χ1) is 8.99. The number of rotatable bonds is 2. The van der Waals surface area contributed by atoms with Gasteiger partial charge in [0, 0.05) is 6.20 Å². The number of nitrogens with one attached hydrogen (secondary N) is 1. The van der Waals surface area contributed by atoms with Crippen molar-refractivity contribution in [3.8, 4) is 6.07 Å². The van der Waals surface area contributed by atoms with Gasteiger partial charge in [-0.05, 0) is 24.3 Å². The highest BCUT2D eigenvalue weighted by Gasteiger charge is 2.31. The lowest BCUT2D eigenvalue weighted by Crippen LogP contribution is -2.07. The topological polar surface area (TPSA) is 61.6 Å². The monoisotopic (exact) mass is 264 g/mol. The molecule has 19 heavy (non-hydrogen) atoms. The first-order valence-electron chi connectivity index (χ1n) is 5.15. The van der Waals surface area contributed by atoms with E-state index in [-0.39, 0.29) is 0 Å². The maximum atomic E-state index is 12.3. The minimum atomic E-state index is -4.45. The van der Waals surface area contributed by atoms with Crippen LogP contribution in [0.2, 0.25) is 0 Å². The Morgan fingerprint density at radius 1 is 1.05 bits per heavy atom. The van der Waals surface area contributed by atoms with Gasteiger partial charge in [0.25, 0.3) is 0 Å². The minimum Gasteiger partial charge on any atom is -0.339 e. The number of hydrogen-bond donors (Lipinski definition) is 1. The highest BCUT2D eigenvalue weighted by Crippen LogP contribution is 2.28. The summed E-state index contributed by atoms with van der Waals surface area (Å²) in [6, 6.07) is 7.16. The van der Waals surface area contributed by atoms with Gasteiger partial charge < -0.3 is 5.32 Å². The fourth-order valence-electron chi connectivity index (χ4n) is 1.32. The molecular formula is C12H7F3N4. The van der Waals surface area contributed by atoms with E-state index < -0.39 is 11.9 Å². The third-order valence-corrected chi connectivity index (χ3v) is 2.22. The molecule has 0 saturated heterocycles. The molecule has 0 aliphatic rings. The molecule has 96 valence electrons. The summed E-state index contributed by atoms with van der Waals surface area (Å²) in [4.78, 5) is 7.24. The normalized spacial score (nSPS) is 10.8. The molecule has 0 aromatic carbocycles. The van der Waals surface area contributed by atoms with Gasteiger partial charge in [0.05, 0.1) is 17.4 Å². The molecule has 0 unspecified atom stereocenters. The largest absolute Gasteiger partial charge is 0.433 e. The highest BCUT2D eigenvalue weighted by molar-refractivity contribution is 5.55. The first-order valence-corrected chi connectivity index (χ1v) is 5.15. The smallest absolute Gasteiger partial charge is 0.339 e. The Morgan fingerprint density at radius 3 is 2.32 bits per heavy atom. The molecule has 0 atom stereocenters. The van der Waals surface area contributed by atoms with E-state index >= 15 is 0 Å². The van der Waals surface area contributed by atoms with Crippen molar-refractivity contribution < 1.29 is 13.2 Å². The Labute approximate surface area is 106 Å². The quantitative estimate of drug-likeness (QED) is 0.905. The average Bonchev–Trinajstić information content (AvgIpc) is 2.39. The third-order valence-electron chi connectivity index (χ3n) is 2.22. The lowest BCUT2D eigenvalue weighted by molar-refractivity contribution is -0.141. The van der Waals surface area contributed by atoms with Gasteiger partial charge in [0.1, 0.15) is 17.6 Å². The van der Waals surface area contributed by atoms with Gasteiger partial charge in [-0.1, -0.05) is 0 Å². The molecule has 1 N–H and O–H groups in total. The summed E-state index contributed by atoms with van der Waals surface area (Å²) < 4.78 is 36.9. The van der Waals surface area contributed by atoms with Crippen LogP contribution in [0.5, 0.6) is 0 Å². The summed E-state index contributed by atoms with van der Waals surface area (Å²) in [5, 5.41) is 11.4. The number of alkyl halides is 3. The lowest BCUT2D eigenvalue weighted by atomic mass is 10.3. The molecule has 0 radical (unpaired) electrons. The Hall–Kier alpha value is -2.62. The number of anilines is 2. The standard InChI is InChI=1S/C12H7F3N4/c13-12(14,15)10-3-2-9(7-17-10)19-11-4-1-8(5-16)6-18-11/h1-4,6-7H,(H,18,19). The molecular weight excluding hydrogens is 257 g/mol. The summed E-state index contributed by atoms with van der Waals surface area (Å²) in [5.41, 5.74) is -0.174. The summed E-state index contributed by atoms with van der Waals surface area (Å²) >= 11 is 0. The van der Waals surface area contributed by atoms with E-state index in [2.05, 4.69) is 15.3 Å². The zero-order valence-corrected chi connectivity index (χ0v) is 9.44. The summed E-state index contributed by atoms with van der Waals surface area (Å²) in [5.74, 6) is 0.417. The first kappa shape index (κ1) is 12.8. The van der Waals surface area contributed by atoms with E-state index in [0.717, 1.165) is 12.3 Å². The third kappa shape index (κ3) is 3.19. The van der Waals surface area contributed by atoms with Gasteiger partial charge in [0.2, 0.25) is 0 Å². The molecule has 4 nitrogen and oxygen atoms in total. The number of nitriles is 1. The van der Waals surface area contributed by atoms with E-state index in [4.69, 9.17) is 5.26 Å². The van der Waals surface area contributed by atoms with Crippen molar-refractivity contribution in [2.24, 2.45) is 0 Å². The number of halogens is 3. The van der Waals surface area contributed by atoms with E-state index in [9.17, 15) is 13.2 Å². The minimum absolute atomic E-state index is 0.380. The van der Waals surface area contributed by atoms with Crippen molar-refractivity contribution in [2.45, 2.75) is 6.18 Å². The van der Waals surface area contributed by atoms with E-state index in [1.54, 1.807) is 12.1 Å². The Balaban J connectivity index is 2.13. The van der Waals surface area contributed by atoms with Crippen molar-refractivity contribution in [2.75, 3.05) is 5.32 Å². The maximum Gasteiger partial charge on any atom is 0.433 e. The Bertz CT molecular complexity index is 597. The van der Waals surface area contributed by atoms with Crippen LogP contribution in [0.3, 0.4) is 0 Å². The van der Waals surface area contributed by atoms with Gasteiger partial charge in [-0.2, -0.15) is 18.4 Å². The SMILES string of the molecule is N#Cc1ccc(Nc2ccc(C(F)(F)F)nc2)nc1. The average molecular weight is 264 g/mol. The van der Waals surface area contributed by atoms with Gasteiger partial charge >= 0.3 is 6.18 Å². The zero-order chi connectivity index (χ0) is 13.9. The maximum absolute atomic E-state index is 12.3.